The third kappa shape index (κ3) is 4.91. The minimum Gasteiger partial charge on any atom is -0.507 e. The molecule has 0 aromatic heterocycles. The number of aliphatic hydroxyl groups is 1. The lowest BCUT2D eigenvalue weighted by atomic mass is 9.94. The summed E-state index contributed by atoms with van der Waals surface area (Å²) in [6.45, 7) is 2.15. The molecule has 1 atom stereocenters. The van der Waals surface area contributed by atoms with E-state index in [-0.39, 0.29) is 23.3 Å². The van der Waals surface area contributed by atoms with Crippen LogP contribution in [0.2, 0.25) is 0 Å². The molecule has 0 saturated carbocycles. The minimum absolute atomic E-state index is 0.110. The van der Waals surface area contributed by atoms with Gasteiger partial charge in [0.05, 0.1) is 43.6 Å². The molecule has 8 heteroatoms. The Kier molecular flexibility index (Phi) is 7.57. The second kappa shape index (κ2) is 11.0. The minimum atomic E-state index is -0.959. The number of amides is 1. The average Bonchev–Trinajstić information content (AvgIpc) is 3.21. The fourth-order valence-corrected chi connectivity index (χ4v) is 4.25. The number of carbonyl (C=O) groups excluding carboxylic acids is 3. The van der Waals surface area contributed by atoms with Crippen LogP contribution in [-0.2, 0) is 14.3 Å². The van der Waals surface area contributed by atoms with E-state index in [0.717, 1.165) is 0 Å². The summed E-state index contributed by atoms with van der Waals surface area (Å²) < 4.78 is 15.9. The molecular weight excluding hydrogens is 474 g/mol. The van der Waals surface area contributed by atoms with Crippen molar-refractivity contribution in [1.29, 1.82) is 0 Å². The largest absolute Gasteiger partial charge is 0.507 e. The number of ether oxygens (including phenoxy) is 3. The highest BCUT2D eigenvalue weighted by Crippen LogP contribution is 2.43. The lowest BCUT2D eigenvalue weighted by Gasteiger charge is -2.26. The maximum atomic E-state index is 13.4. The molecule has 8 nitrogen and oxygen atoms in total. The molecule has 1 fully saturated rings. The number of anilines is 1. The van der Waals surface area contributed by atoms with Gasteiger partial charge in [0.2, 0.25) is 0 Å². The maximum Gasteiger partial charge on any atom is 0.338 e. The van der Waals surface area contributed by atoms with Crippen molar-refractivity contribution in [3.8, 4) is 11.5 Å². The number of ketones is 1. The summed E-state index contributed by atoms with van der Waals surface area (Å²) in [6, 6.07) is 19.1. The first-order valence-corrected chi connectivity index (χ1v) is 11.8. The van der Waals surface area contributed by atoms with Gasteiger partial charge < -0.3 is 19.3 Å². The van der Waals surface area contributed by atoms with Crippen LogP contribution >= 0.6 is 0 Å². The number of esters is 1. The summed E-state index contributed by atoms with van der Waals surface area (Å²) in [5.41, 5.74) is 1.26. The van der Waals surface area contributed by atoms with E-state index in [2.05, 4.69) is 0 Å². The highest BCUT2D eigenvalue weighted by Gasteiger charge is 2.47. The Morgan fingerprint density at radius 3 is 2.38 bits per heavy atom. The molecule has 0 bridgehead atoms. The Morgan fingerprint density at radius 1 is 0.946 bits per heavy atom. The van der Waals surface area contributed by atoms with Crippen LogP contribution < -0.4 is 14.4 Å². The van der Waals surface area contributed by atoms with E-state index >= 15 is 0 Å². The summed E-state index contributed by atoms with van der Waals surface area (Å²) >= 11 is 0. The maximum absolute atomic E-state index is 13.4. The molecule has 1 amide bonds. The van der Waals surface area contributed by atoms with Gasteiger partial charge in [-0.15, -0.1) is 0 Å². The van der Waals surface area contributed by atoms with Gasteiger partial charge in [-0.3, -0.25) is 14.5 Å². The molecular formula is C29H27NO7. The highest BCUT2D eigenvalue weighted by atomic mass is 16.5. The van der Waals surface area contributed by atoms with Crippen LogP contribution in [0.15, 0.2) is 78.4 Å². The predicted octanol–water partition coefficient (Wildman–Crippen LogP) is 4.90. The average molecular weight is 502 g/mol. The first-order valence-electron chi connectivity index (χ1n) is 11.8. The second-order valence-electron chi connectivity index (χ2n) is 8.33. The predicted molar refractivity (Wildman–Crippen MR) is 138 cm³/mol. The number of hydrogen-bond acceptors (Lipinski definition) is 7. The Hall–Kier alpha value is -4.59. The first-order chi connectivity index (χ1) is 17.9. The Balaban J connectivity index is 1.90. The van der Waals surface area contributed by atoms with E-state index in [1.807, 2.05) is 13.0 Å². The topological polar surface area (TPSA) is 102 Å². The van der Waals surface area contributed by atoms with Gasteiger partial charge in [0.15, 0.2) is 0 Å². The summed E-state index contributed by atoms with van der Waals surface area (Å²) in [7, 11) is 2.92. The van der Waals surface area contributed by atoms with Crippen LogP contribution in [0.3, 0.4) is 0 Å². The molecule has 1 saturated heterocycles. The van der Waals surface area contributed by atoms with E-state index in [1.165, 1.54) is 31.3 Å². The van der Waals surface area contributed by atoms with Crippen LogP contribution in [0.5, 0.6) is 11.5 Å². The van der Waals surface area contributed by atoms with Gasteiger partial charge in [-0.2, -0.15) is 0 Å². The lowest BCUT2D eigenvalue weighted by Crippen LogP contribution is -2.29. The Labute approximate surface area is 214 Å². The smallest absolute Gasteiger partial charge is 0.338 e. The summed E-state index contributed by atoms with van der Waals surface area (Å²) in [5, 5.41) is 11.4. The molecule has 1 N–H and O–H groups in total. The van der Waals surface area contributed by atoms with Gasteiger partial charge >= 0.3 is 5.97 Å². The van der Waals surface area contributed by atoms with Crippen molar-refractivity contribution in [2.24, 2.45) is 0 Å². The van der Waals surface area contributed by atoms with Gasteiger partial charge in [-0.05, 0) is 48.4 Å². The second-order valence-corrected chi connectivity index (χ2v) is 8.33. The first kappa shape index (κ1) is 25.5. The van der Waals surface area contributed by atoms with Crippen LogP contribution in [-0.4, -0.2) is 43.6 Å². The molecule has 0 radical (unpaired) electrons. The third-order valence-corrected chi connectivity index (χ3v) is 6.02. The Bertz CT molecular complexity index is 1360. The summed E-state index contributed by atoms with van der Waals surface area (Å²) in [4.78, 5) is 40.6. The van der Waals surface area contributed by atoms with Crippen molar-refractivity contribution in [2.45, 2.75) is 19.4 Å². The third-order valence-electron chi connectivity index (χ3n) is 6.02. The van der Waals surface area contributed by atoms with E-state index in [0.29, 0.717) is 29.2 Å². The van der Waals surface area contributed by atoms with E-state index < -0.39 is 29.5 Å². The van der Waals surface area contributed by atoms with Crippen molar-refractivity contribution in [3.05, 3.63) is 95.1 Å². The van der Waals surface area contributed by atoms with E-state index in [1.54, 1.807) is 54.6 Å². The van der Waals surface area contributed by atoms with Crippen molar-refractivity contribution in [3.63, 3.8) is 0 Å². The molecule has 1 unspecified atom stereocenters. The fourth-order valence-electron chi connectivity index (χ4n) is 4.25. The Morgan fingerprint density at radius 2 is 1.70 bits per heavy atom. The molecule has 0 spiro atoms. The zero-order valence-corrected chi connectivity index (χ0v) is 20.8. The standard InChI is InChI=1S/C29H27NO7/c1-4-15-37-29(34)19-11-8-12-20(16-19)30-25(18-9-6-5-7-10-18)24(27(32)28(30)33)26(31)22-17-21(35-2)13-14-23(22)36-3/h5-14,16-17,25,31H,4,15H2,1-3H3/b26-24+. The zero-order valence-electron chi connectivity index (χ0n) is 20.8. The molecule has 190 valence electrons. The van der Waals surface area contributed by atoms with Gasteiger partial charge in [-0.25, -0.2) is 4.79 Å². The quantitative estimate of drug-likeness (QED) is 0.203. The lowest BCUT2D eigenvalue weighted by molar-refractivity contribution is -0.132. The normalized spacial score (nSPS) is 16.5. The SMILES string of the molecule is CCCOC(=O)c1cccc(N2C(=O)C(=O)/C(=C(/O)c3cc(OC)ccc3OC)C2c2ccccc2)c1. The monoisotopic (exact) mass is 501 g/mol. The zero-order chi connectivity index (χ0) is 26.5. The van der Waals surface area contributed by atoms with Crippen LogP contribution in [0.25, 0.3) is 5.76 Å². The molecule has 1 heterocycles. The van der Waals surface area contributed by atoms with Crippen molar-refractivity contribution >= 4 is 29.1 Å². The number of rotatable bonds is 8. The fraction of sp³-hybridized carbons (Fsp3) is 0.207. The molecule has 3 aromatic rings. The molecule has 1 aliphatic rings. The molecule has 4 rings (SSSR count). The van der Waals surface area contributed by atoms with Gasteiger partial charge in [0, 0.05) is 5.69 Å². The van der Waals surface area contributed by atoms with Gasteiger partial charge in [0.25, 0.3) is 11.7 Å². The summed E-state index contributed by atoms with van der Waals surface area (Å²) in [5.74, 6) is -1.89. The highest BCUT2D eigenvalue weighted by molar-refractivity contribution is 6.51. The summed E-state index contributed by atoms with van der Waals surface area (Å²) in [6.07, 6.45) is 0.668. The number of methoxy groups -OCH3 is 2. The van der Waals surface area contributed by atoms with Crippen molar-refractivity contribution in [2.75, 3.05) is 25.7 Å². The van der Waals surface area contributed by atoms with Crippen molar-refractivity contribution in [1.82, 2.24) is 0 Å². The van der Waals surface area contributed by atoms with E-state index in [9.17, 15) is 19.5 Å². The molecule has 37 heavy (non-hydrogen) atoms. The van der Waals surface area contributed by atoms with Crippen molar-refractivity contribution < 1.29 is 33.7 Å². The van der Waals surface area contributed by atoms with Gasteiger partial charge in [0.1, 0.15) is 17.3 Å². The number of hydrogen-bond donors (Lipinski definition) is 1. The molecule has 0 aliphatic carbocycles. The van der Waals surface area contributed by atoms with E-state index in [4.69, 9.17) is 14.2 Å². The number of benzene rings is 3. The number of aliphatic hydroxyl groups excluding tert-OH is 1. The number of carbonyl (C=O) groups is 3. The number of nitrogens with zero attached hydrogens (tertiary/aromatic N) is 1. The number of Topliss-reactive ketones (excluding diaryl/α,β-unsaturated/α-hetero) is 1. The van der Waals surface area contributed by atoms with Crippen LogP contribution in [0.4, 0.5) is 5.69 Å². The molecule has 3 aromatic carbocycles. The molecule has 1 aliphatic heterocycles. The van der Waals surface area contributed by atoms with Crippen LogP contribution in [0.1, 0.15) is 40.9 Å². The van der Waals surface area contributed by atoms with Crippen LogP contribution in [0, 0.1) is 0 Å². The van der Waals surface area contributed by atoms with Gasteiger partial charge in [-0.1, -0.05) is 43.3 Å².